The Balaban J connectivity index is 2.17. The highest BCUT2D eigenvalue weighted by molar-refractivity contribution is 6.33. The Labute approximate surface area is 127 Å². The number of para-hydroxylation sites is 1. The number of halogens is 2. The van der Waals surface area contributed by atoms with Crippen molar-refractivity contribution in [2.45, 2.75) is 6.61 Å². The van der Waals surface area contributed by atoms with E-state index in [1.54, 1.807) is 18.2 Å². The molecule has 2 aromatic carbocycles. The Morgan fingerprint density at radius 3 is 2.70 bits per heavy atom. The third-order valence-electron chi connectivity index (χ3n) is 2.58. The topological polar surface area (TPSA) is 29.5 Å². The Hall–Kier alpha value is -1.66. The van der Waals surface area contributed by atoms with Gasteiger partial charge in [-0.25, -0.2) is 0 Å². The van der Waals surface area contributed by atoms with E-state index in [2.05, 4.69) is 11.8 Å². The van der Waals surface area contributed by atoms with Crippen LogP contribution >= 0.6 is 23.2 Å². The van der Waals surface area contributed by atoms with Gasteiger partial charge in [0, 0.05) is 15.6 Å². The van der Waals surface area contributed by atoms with Crippen LogP contribution in [-0.4, -0.2) is 11.7 Å². The Morgan fingerprint density at radius 1 is 1.10 bits per heavy atom. The van der Waals surface area contributed by atoms with Gasteiger partial charge in [0.05, 0.1) is 5.56 Å². The maximum Gasteiger partial charge on any atom is 0.135 e. The van der Waals surface area contributed by atoms with Crippen LogP contribution in [0.4, 0.5) is 0 Å². The molecule has 0 unspecified atom stereocenters. The predicted octanol–water partition coefficient (Wildman–Crippen LogP) is 3.92. The zero-order valence-corrected chi connectivity index (χ0v) is 12.1. The van der Waals surface area contributed by atoms with E-state index in [1.807, 2.05) is 24.3 Å². The standard InChI is InChI=1S/C16H12Cl2O2/c17-14-7-8-15(18)13(10-14)11-20-16-6-2-1-4-12(16)5-3-9-19/h1-2,4,6-8,10,19H,9,11H2. The zero-order chi connectivity index (χ0) is 14.4. The van der Waals surface area contributed by atoms with E-state index in [4.69, 9.17) is 33.0 Å². The van der Waals surface area contributed by atoms with Crippen molar-refractivity contribution in [2.75, 3.05) is 6.61 Å². The Morgan fingerprint density at radius 2 is 1.90 bits per heavy atom. The van der Waals surface area contributed by atoms with Crippen molar-refractivity contribution in [1.29, 1.82) is 0 Å². The van der Waals surface area contributed by atoms with E-state index in [0.717, 1.165) is 11.1 Å². The third-order valence-corrected chi connectivity index (χ3v) is 3.18. The molecule has 4 heteroatoms. The lowest BCUT2D eigenvalue weighted by Crippen LogP contribution is -1.98. The Bertz CT molecular complexity index is 657. The van der Waals surface area contributed by atoms with Gasteiger partial charge in [-0.3, -0.25) is 0 Å². The second-order valence-electron chi connectivity index (χ2n) is 3.98. The summed E-state index contributed by atoms with van der Waals surface area (Å²) in [4.78, 5) is 0. The first-order valence-electron chi connectivity index (χ1n) is 5.96. The fourth-order valence-electron chi connectivity index (χ4n) is 1.64. The summed E-state index contributed by atoms with van der Waals surface area (Å²) in [6, 6.07) is 12.6. The van der Waals surface area contributed by atoms with Crippen molar-refractivity contribution in [2.24, 2.45) is 0 Å². The molecule has 0 amide bonds. The van der Waals surface area contributed by atoms with Gasteiger partial charge in [0.25, 0.3) is 0 Å². The summed E-state index contributed by atoms with van der Waals surface area (Å²) in [6.07, 6.45) is 0. The molecule has 0 saturated carbocycles. The van der Waals surface area contributed by atoms with Gasteiger partial charge in [0.1, 0.15) is 19.0 Å². The average Bonchev–Trinajstić information content (AvgIpc) is 2.47. The van der Waals surface area contributed by atoms with Crippen molar-refractivity contribution >= 4 is 23.2 Å². The van der Waals surface area contributed by atoms with Crippen LogP contribution in [-0.2, 0) is 6.61 Å². The first kappa shape index (κ1) is 14.7. The van der Waals surface area contributed by atoms with E-state index in [-0.39, 0.29) is 6.61 Å². The van der Waals surface area contributed by atoms with Crippen LogP contribution < -0.4 is 4.74 Å². The molecule has 0 aliphatic heterocycles. The minimum Gasteiger partial charge on any atom is -0.488 e. The van der Waals surface area contributed by atoms with Crippen molar-refractivity contribution in [1.82, 2.24) is 0 Å². The molecule has 0 heterocycles. The second kappa shape index (κ2) is 7.21. The van der Waals surface area contributed by atoms with E-state index < -0.39 is 0 Å². The summed E-state index contributed by atoms with van der Waals surface area (Å²) >= 11 is 12.0. The molecule has 0 atom stereocenters. The van der Waals surface area contributed by atoms with Gasteiger partial charge in [-0.15, -0.1) is 0 Å². The number of aliphatic hydroxyl groups is 1. The molecule has 0 aromatic heterocycles. The van der Waals surface area contributed by atoms with Gasteiger partial charge >= 0.3 is 0 Å². The maximum atomic E-state index is 8.75. The number of rotatable bonds is 3. The summed E-state index contributed by atoms with van der Waals surface area (Å²) in [7, 11) is 0. The largest absolute Gasteiger partial charge is 0.488 e. The van der Waals surface area contributed by atoms with Crippen molar-refractivity contribution in [3.63, 3.8) is 0 Å². The van der Waals surface area contributed by atoms with Gasteiger partial charge in [-0.2, -0.15) is 0 Å². The van der Waals surface area contributed by atoms with Crippen molar-refractivity contribution in [3.05, 3.63) is 63.6 Å². The molecule has 2 rings (SSSR count). The second-order valence-corrected chi connectivity index (χ2v) is 4.82. The van der Waals surface area contributed by atoms with Crippen LogP contribution in [0.1, 0.15) is 11.1 Å². The van der Waals surface area contributed by atoms with Crippen LogP contribution in [0, 0.1) is 11.8 Å². The highest BCUT2D eigenvalue weighted by Gasteiger charge is 2.05. The summed E-state index contributed by atoms with van der Waals surface area (Å²) in [5.41, 5.74) is 1.53. The fraction of sp³-hybridized carbons (Fsp3) is 0.125. The van der Waals surface area contributed by atoms with Crippen molar-refractivity contribution in [3.8, 4) is 17.6 Å². The normalized spacial score (nSPS) is 9.75. The third kappa shape index (κ3) is 3.91. The molecule has 0 saturated heterocycles. The summed E-state index contributed by atoms with van der Waals surface area (Å²) in [5, 5.41) is 9.96. The number of hydrogen-bond acceptors (Lipinski definition) is 2. The van der Waals surface area contributed by atoms with Crippen LogP contribution in [0.2, 0.25) is 10.0 Å². The minimum atomic E-state index is -0.186. The van der Waals surface area contributed by atoms with Crippen LogP contribution in [0.5, 0.6) is 5.75 Å². The minimum absolute atomic E-state index is 0.186. The van der Waals surface area contributed by atoms with Gasteiger partial charge in [0.15, 0.2) is 0 Å². The molecule has 20 heavy (non-hydrogen) atoms. The van der Waals surface area contributed by atoms with Gasteiger partial charge in [0.2, 0.25) is 0 Å². The molecule has 2 nitrogen and oxygen atoms in total. The molecule has 102 valence electrons. The molecule has 0 radical (unpaired) electrons. The number of aliphatic hydroxyl groups excluding tert-OH is 1. The summed E-state index contributed by atoms with van der Waals surface area (Å²) in [6.45, 7) is 0.117. The molecule has 2 aromatic rings. The highest BCUT2D eigenvalue weighted by Crippen LogP contribution is 2.24. The van der Waals surface area contributed by atoms with Crippen LogP contribution in [0.3, 0.4) is 0 Å². The van der Waals surface area contributed by atoms with Gasteiger partial charge < -0.3 is 9.84 Å². The van der Waals surface area contributed by atoms with E-state index in [9.17, 15) is 0 Å². The number of benzene rings is 2. The van der Waals surface area contributed by atoms with Crippen molar-refractivity contribution < 1.29 is 9.84 Å². The molecule has 0 aliphatic carbocycles. The zero-order valence-electron chi connectivity index (χ0n) is 10.6. The average molecular weight is 307 g/mol. The molecule has 1 N–H and O–H groups in total. The predicted molar refractivity (Wildman–Crippen MR) is 81.2 cm³/mol. The molecule has 0 spiro atoms. The maximum absolute atomic E-state index is 8.75. The molecular weight excluding hydrogens is 295 g/mol. The van der Waals surface area contributed by atoms with Gasteiger partial charge in [-0.1, -0.05) is 47.2 Å². The molecular formula is C16H12Cl2O2. The van der Waals surface area contributed by atoms with E-state index in [0.29, 0.717) is 22.4 Å². The lowest BCUT2D eigenvalue weighted by molar-refractivity contribution is 0.305. The number of hydrogen-bond donors (Lipinski definition) is 1. The SMILES string of the molecule is OCC#Cc1ccccc1OCc1cc(Cl)ccc1Cl. The molecule has 0 aliphatic rings. The fourth-order valence-corrected chi connectivity index (χ4v) is 2.01. The van der Waals surface area contributed by atoms with Crippen LogP contribution in [0.25, 0.3) is 0 Å². The quantitative estimate of drug-likeness (QED) is 0.871. The monoisotopic (exact) mass is 306 g/mol. The Kier molecular flexibility index (Phi) is 5.31. The molecule has 0 bridgehead atoms. The first-order chi connectivity index (χ1) is 9.70. The summed E-state index contributed by atoms with van der Waals surface area (Å²) < 4.78 is 5.73. The molecule has 0 fully saturated rings. The van der Waals surface area contributed by atoms with E-state index in [1.165, 1.54) is 0 Å². The van der Waals surface area contributed by atoms with Gasteiger partial charge in [-0.05, 0) is 30.3 Å². The lowest BCUT2D eigenvalue weighted by Gasteiger charge is -2.09. The van der Waals surface area contributed by atoms with E-state index >= 15 is 0 Å². The smallest absolute Gasteiger partial charge is 0.135 e. The summed E-state index contributed by atoms with van der Waals surface area (Å²) in [5.74, 6) is 6.09. The van der Waals surface area contributed by atoms with Crippen LogP contribution in [0.15, 0.2) is 42.5 Å². The first-order valence-corrected chi connectivity index (χ1v) is 6.72. The highest BCUT2D eigenvalue weighted by atomic mass is 35.5. The number of ether oxygens (including phenoxy) is 1. The lowest BCUT2D eigenvalue weighted by atomic mass is 10.2.